The Morgan fingerprint density at radius 3 is 1.06 bits per heavy atom. The lowest BCUT2D eigenvalue weighted by Gasteiger charge is -2.21. The van der Waals surface area contributed by atoms with Gasteiger partial charge in [0.1, 0.15) is 33.0 Å². The predicted molar refractivity (Wildman–Crippen MR) is 271 cm³/mol. The zero-order chi connectivity index (χ0) is 50.1. The van der Waals surface area contributed by atoms with Crippen molar-refractivity contribution in [2.24, 2.45) is 0 Å². The van der Waals surface area contributed by atoms with Gasteiger partial charge in [-0.05, 0) is 119 Å². The quantitative estimate of drug-likeness (QED) is 0.0718. The number of benzene rings is 6. The maximum atomic E-state index is 12.8. The SMILES string of the molecule is CC(C)OCCOC(=O)Nc1ccc(C2c3ccc(cc3)NC(=O)OCCOC(=O)Nc3ccc(cc3)C(c3ccc(C(C)C)cc3)c3ccc(cc3)NC(=O)OCCOC(=O)Nc3ccc2cc3)cc1. The van der Waals surface area contributed by atoms with E-state index in [4.69, 9.17) is 28.4 Å². The van der Waals surface area contributed by atoms with Crippen LogP contribution < -0.4 is 26.6 Å². The van der Waals surface area contributed by atoms with Crippen molar-refractivity contribution in [3.63, 3.8) is 0 Å². The van der Waals surface area contributed by atoms with Gasteiger partial charge in [-0.25, -0.2) is 24.0 Å². The lowest BCUT2D eigenvalue weighted by molar-refractivity contribution is 0.0427. The van der Waals surface area contributed by atoms with E-state index in [0.29, 0.717) is 34.4 Å². The van der Waals surface area contributed by atoms with Crippen molar-refractivity contribution in [3.05, 3.63) is 185 Å². The van der Waals surface area contributed by atoms with Gasteiger partial charge in [-0.1, -0.05) is 98.8 Å². The summed E-state index contributed by atoms with van der Waals surface area (Å²) in [5.41, 5.74) is 9.22. The summed E-state index contributed by atoms with van der Waals surface area (Å²) in [6, 6.07) is 45.0. The molecule has 0 saturated carbocycles. The largest absolute Gasteiger partial charge is 0.447 e. The molecule has 5 amide bonds. The highest BCUT2D eigenvalue weighted by molar-refractivity contribution is 5.87. The Hall–Kier alpha value is -8.37. The Kier molecular flexibility index (Phi) is 17.6. The van der Waals surface area contributed by atoms with E-state index in [0.717, 1.165) is 33.4 Å². The number of amides is 5. The summed E-state index contributed by atoms with van der Waals surface area (Å²) in [6.07, 6.45) is -3.48. The van der Waals surface area contributed by atoms with E-state index in [1.165, 1.54) is 5.56 Å². The van der Waals surface area contributed by atoms with Crippen LogP contribution in [-0.2, 0) is 28.4 Å². The molecule has 0 radical (unpaired) electrons. The number of anilines is 5. The summed E-state index contributed by atoms with van der Waals surface area (Å²) >= 11 is 0. The van der Waals surface area contributed by atoms with E-state index in [1.54, 1.807) is 60.7 Å². The predicted octanol–water partition coefficient (Wildman–Crippen LogP) is 12.1. The highest BCUT2D eigenvalue weighted by atomic mass is 16.6. The van der Waals surface area contributed by atoms with E-state index in [9.17, 15) is 24.0 Å². The lowest BCUT2D eigenvalue weighted by atomic mass is 9.84. The molecule has 7 aliphatic heterocycles. The molecular formula is C55H57N5O11. The van der Waals surface area contributed by atoms with Crippen molar-refractivity contribution in [3.8, 4) is 0 Å². The fourth-order valence-corrected chi connectivity index (χ4v) is 7.75. The molecule has 8 bridgehead atoms. The van der Waals surface area contributed by atoms with Crippen LogP contribution >= 0.6 is 0 Å². The van der Waals surface area contributed by atoms with Crippen molar-refractivity contribution in [1.82, 2.24) is 0 Å². The fraction of sp³-hybridized carbons (Fsp3) is 0.255. The van der Waals surface area contributed by atoms with E-state index in [2.05, 4.69) is 64.7 Å². The van der Waals surface area contributed by atoms with Crippen LogP contribution in [0.5, 0.6) is 0 Å². The first-order valence-electron chi connectivity index (χ1n) is 23.3. The highest BCUT2D eigenvalue weighted by Crippen LogP contribution is 2.36. The first-order chi connectivity index (χ1) is 34.4. The van der Waals surface area contributed by atoms with Crippen LogP contribution in [0, 0.1) is 0 Å². The molecule has 0 aromatic heterocycles. The molecule has 0 aliphatic carbocycles. The summed E-state index contributed by atoms with van der Waals surface area (Å²) in [4.78, 5) is 63.5. The minimum Gasteiger partial charge on any atom is -0.447 e. The minimum absolute atomic E-state index is 0.0212. The summed E-state index contributed by atoms with van der Waals surface area (Å²) < 4.78 is 31.9. The molecule has 5 N–H and O–H groups in total. The second kappa shape index (κ2) is 24.8. The average molecular weight is 964 g/mol. The van der Waals surface area contributed by atoms with Gasteiger partial charge < -0.3 is 28.4 Å². The van der Waals surface area contributed by atoms with Crippen molar-refractivity contribution >= 4 is 58.9 Å². The van der Waals surface area contributed by atoms with Gasteiger partial charge in [-0.2, -0.15) is 0 Å². The normalized spacial score (nSPS) is 16.0. The van der Waals surface area contributed by atoms with Gasteiger partial charge in [0, 0.05) is 40.3 Å². The van der Waals surface area contributed by atoms with Crippen LogP contribution in [0.4, 0.5) is 52.4 Å². The molecular weight excluding hydrogens is 907 g/mol. The first kappa shape index (κ1) is 50.5. The number of ether oxygens (including phenoxy) is 6. The van der Waals surface area contributed by atoms with Crippen LogP contribution in [0.3, 0.4) is 0 Å². The summed E-state index contributed by atoms with van der Waals surface area (Å²) in [7, 11) is 0. The molecule has 6 aromatic carbocycles. The molecule has 0 fully saturated rings. The molecule has 7 aliphatic rings. The molecule has 7 heterocycles. The summed E-state index contributed by atoms with van der Waals surface area (Å²) in [6.45, 7) is 7.71. The molecule has 0 atom stereocenters. The van der Waals surface area contributed by atoms with Crippen LogP contribution in [0.15, 0.2) is 146 Å². The number of nitrogens with one attached hydrogen (secondary N) is 5. The fourth-order valence-electron chi connectivity index (χ4n) is 7.75. The van der Waals surface area contributed by atoms with Crippen molar-refractivity contribution < 1.29 is 52.4 Å². The molecule has 71 heavy (non-hydrogen) atoms. The van der Waals surface area contributed by atoms with E-state index in [1.807, 2.05) is 74.5 Å². The molecule has 0 unspecified atom stereocenters. The van der Waals surface area contributed by atoms with Gasteiger partial charge >= 0.3 is 30.5 Å². The van der Waals surface area contributed by atoms with E-state index < -0.39 is 30.5 Å². The smallest absolute Gasteiger partial charge is 0.411 e. The standard InChI is InChI=1S/C55H57N5O11/c1-35(2)37-5-7-38(8-6-37)49-39-9-19-45(20-10-39)57-52(62)68-31-33-70-54(64)59-47-25-15-42(16-26-47)50(41-13-23-44(24-14-41)56-51(61)67-30-29-66-36(3)4)43-17-27-48(28-18-43)60-55(65)71-34-32-69-53(63)58-46-21-11-40(49)12-22-46/h5-28,35-36,49-50H,29-34H2,1-4H3,(H,56,61)(H,57,62)(H,58,63)(H,59,64)(H,60,65). The van der Waals surface area contributed by atoms with Gasteiger partial charge in [0.15, 0.2) is 0 Å². The van der Waals surface area contributed by atoms with Gasteiger partial charge in [0.25, 0.3) is 0 Å². The third-order valence-electron chi connectivity index (χ3n) is 11.3. The Labute approximate surface area is 412 Å². The Morgan fingerprint density at radius 2 is 0.761 bits per heavy atom. The van der Waals surface area contributed by atoms with Gasteiger partial charge in [-0.15, -0.1) is 0 Å². The molecule has 16 heteroatoms. The summed E-state index contributed by atoms with van der Waals surface area (Å²) in [5.74, 6) is -0.158. The molecule has 0 saturated heterocycles. The average Bonchev–Trinajstić information content (AvgIpc) is 3.36. The minimum atomic E-state index is -0.734. The topological polar surface area (TPSA) is 201 Å². The molecule has 0 spiro atoms. The zero-order valence-electron chi connectivity index (χ0n) is 39.9. The van der Waals surface area contributed by atoms with Crippen molar-refractivity contribution in [2.45, 2.75) is 51.6 Å². The maximum absolute atomic E-state index is 12.8. The van der Waals surface area contributed by atoms with Crippen LogP contribution in [0.25, 0.3) is 0 Å². The maximum Gasteiger partial charge on any atom is 0.411 e. The van der Waals surface area contributed by atoms with Crippen LogP contribution in [-0.4, -0.2) is 76.2 Å². The number of hydrogen-bond donors (Lipinski definition) is 5. The number of carbonyl (C=O) groups excluding carboxylic acids is 5. The third kappa shape index (κ3) is 15.1. The van der Waals surface area contributed by atoms with Crippen LogP contribution in [0.2, 0.25) is 0 Å². The first-order valence-corrected chi connectivity index (χ1v) is 23.3. The number of rotatable bonds is 8. The second-order valence-corrected chi connectivity index (χ2v) is 17.0. The van der Waals surface area contributed by atoms with Gasteiger partial charge in [-0.3, -0.25) is 26.6 Å². The Balaban J connectivity index is 1.06. The van der Waals surface area contributed by atoms with E-state index in [-0.39, 0.29) is 57.6 Å². The molecule has 13 rings (SSSR count). The van der Waals surface area contributed by atoms with Gasteiger partial charge in [0.05, 0.1) is 12.7 Å². The second-order valence-electron chi connectivity index (χ2n) is 17.0. The molecule has 368 valence electrons. The van der Waals surface area contributed by atoms with E-state index >= 15 is 0 Å². The van der Waals surface area contributed by atoms with Gasteiger partial charge in [0.2, 0.25) is 0 Å². The van der Waals surface area contributed by atoms with Crippen molar-refractivity contribution in [2.75, 3.05) is 66.2 Å². The Bertz CT molecular complexity index is 2590. The zero-order valence-corrected chi connectivity index (χ0v) is 39.9. The number of carbonyl (C=O) groups is 5. The highest BCUT2D eigenvalue weighted by Gasteiger charge is 2.21. The number of hydrogen-bond acceptors (Lipinski definition) is 11. The monoisotopic (exact) mass is 963 g/mol. The lowest BCUT2D eigenvalue weighted by Crippen LogP contribution is -2.20. The third-order valence-corrected chi connectivity index (χ3v) is 11.3. The van der Waals surface area contributed by atoms with Crippen molar-refractivity contribution in [1.29, 1.82) is 0 Å². The summed E-state index contributed by atoms with van der Waals surface area (Å²) in [5, 5.41) is 13.6. The molecule has 16 nitrogen and oxygen atoms in total. The molecule has 6 aromatic rings. The Morgan fingerprint density at radius 1 is 0.465 bits per heavy atom. The van der Waals surface area contributed by atoms with Crippen LogP contribution in [0.1, 0.15) is 84.4 Å².